The molecule has 5 N–H and O–H groups in total. The first-order valence-electron chi connectivity index (χ1n) is 17.2. The van der Waals surface area contributed by atoms with Crippen LogP contribution in [0.2, 0.25) is 0 Å². The number of halogens is 1. The molecular formula is C39H44FN5O7S. The molecule has 3 aromatic carbocycles. The van der Waals surface area contributed by atoms with Crippen molar-refractivity contribution in [2.45, 2.75) is 83.4 Å². The molecule has 4 aromatic rings. The number of sulfonamides is 1. The topological polar surface area (TPSA) is 182 Å². The summed E-state index contributed by atoms with van der Waals surface area (Å²) >= 11 is 0. The number of fused-ring (bicyclic) bond motifs is 1. The van der Waals surface area contributed by atoms with E-state index in [9.17, 15) is 32.3 Å². The molecule has 1 aliphatic rings. The quantitative estimate of drug-likeness (QED) is 0.0889. The highest BCUT2D eigenvalue weighted by Gasteiger charge is 2.33. The van der Waals surface area contributed by atoms with Crippen molar-refractivity contribution in [3.05, 3.63) is 116 Å². The Hall–Kier alpha value is -5.50. The lowest BCUT2D eigenvalue weighted by Gasteiger charge is -2.35. The van der Waals surface area contributed by atoms with Crippen LogP contribution in [-0.4, -0.2) is 54.1 Å². The molecule has 0 radical (unpaired) electrons. The third kappa shape index (κ3) is 8.76. The van der Waals surface area contributed by atoms with Gasteiger partial charge in [-0.2, -0.15) is 0 Å². The van der Waals surface area contributed by atoms with E-state index in [0.29, 0.717) is 23.3 Å². The SMILES string of the molecule is Cc1c(C)c(S(=O)(=O)NC(N)=NCCC[C@H](NC(=O)c2cccn(Cc3ccccc3-c3ccc(F)cc3)c2=O)C(=O)O)c(C)c2c1OC(C)(C)CC2. The van der Waals surface area contributed by atoms with Crippen LogP contribution in [0.1, 0.15) is 71.3 Å². The first kappa shape index (κ1) is 38.7. The fourth-order valence-corrected chi connectivity index (χ4v) is 8.07. The predicted octanol–water partition coefficient (Wildman–Crippen LogP) is 4.99. The molecule has 14 heteroatoms. The molecule has 2 heterocycles. The average Bonchev–Trinajstić information content (AvgIpc) is 3.09. The number of ether oxygens (including phenoxy) is 1. The zero-order valence-electron chi connectivity index (χ0n) is 30.3. The molecular weight excluding hydrogens is 702 g/mol. The maximum atomic E-state index is 13.5. The number of carboxylic acid groups (broad SMARTS) is 1. The van der Waals surface area contributed by atoms with E-state index in [1.165, 1.54) is 35.0 Å². The number of benzene rings is 3. The molecule has 1 atom stereocenters. The minimum absolute atomic E-state index is 0.0380. The van der Waals surface area contributed by atoms with E-state index in [4.69, 9.17) is 10.5 Å². The third-order valence-electron chi connectivity index (χ3n) is 9.49. The van der Waals surface area contributed by atoms with E-state index in [1.54, 1.807) is 26.0 Å². The molecule has 0 saturated heterocycles. The van der Waals surface area contributed by atoms with Gasteiger partial charge in [0.05, 0.1) is 11.4 Å². The summed E-state index contributed by atoms with van der Waals surface area (Å²) < 4.78 is 50.4. The smallest absolute Gasteiger partial charge is 0.326 e. The van der Waals surface area contributed by atoms with Crippen molar-refractivity contribution in [3.8, 4) is 16.9 Å². The van der Waals surface area contributed by atoms with Gasteiger partial charge in [-0.3, -0.25) is 14.6 Å². The van der Waals surface area contributed by atoms with Gasteiger partial charge in [0.1, 0.15) is 28.8 Å². The van der Waals surface area contributed by atoms with Crippen molar-refractivity contribution in [2.24, 2.45) is 10.7 Å². The van der Waals surface area contributed by atoms with Gasteiger partial charge in [0.25, 0.3) is 21.5 Å². The van der Waals surface area contributed by atoms with Crippen molar-refractivity contribution in [1.82, 2.24) is 14.6 Å². The maximum Gasteiger partial charge on any atom is 0.326 e. The van der Waals surface area contributed by atoms with Crippen molar-refractivity contribution in [1.29, 1.82) is 0 Å². The van der Waals surface area contributed by atoms with Crippen LogP contribution in [0.3, 0.4) is 0 Å². The Bertz CT molecular complexity index is 2250. The number of nitrogens with one attached hydrogen (secondary N) is 2. The van der Waals surface area contributed by atoms with Gasteiger partial charge >= 0.3 is 5.97 Å². The van der Waals surface area contributed by atoms with E-state index in [0.717, 1.165) is 34.2 Å². The van der Waals surface area contributed by atoms with E-state index < -0.39 is 33.5 Å². The molecule has 0 unspecified atom stereocenters. The number of carbonyl (C=O) groups is 2. The molecule has 1 aliphatic heterocycles. The van der Waals surface area contributed by atoms with Crippen molar-refractivity contribution < 1.29 is 32.2 Å². The molecule has 53 heavy (non-hydrogen) atoms. The molecule has 1 aromatic heterocycles. The molecule has 5 rings (SSSR count). The lowest BCUT2D eigenvalue weighted by molar-refractivity contribution is -0.139. The molecule has 280 valence electrons. The molecule has 0 saturated carbocycles. The summed E-state index contributed by atoms with van der Waals surface area (Å²) in [5, 5.41) is 12.2. The monoisotopic (exact) mass is 745 g/mol. The Morgan fingerprint density at radius 2 is 1.74 bits per heavy atom. The van der Waals surface area contributed by atoms with Crippen molar-refractivity contribution >= 4 is 27.9 Å². The predicted molar refractivity (Wildman–Crippen MR) is 200 cm³/mol. The number of pyridine rings is 1. The van der Waals surface area contributed by atoms with Crippen LogP contribution >= 0.6 is 0 Å². The Morgan fingerprint density at radius 3 is 2.43 bits per heavy atom. The maximum absolute atomic E-state index is 13.5. The fraction of sp³-hybridized carbons (Fsp3) is 0.333. The standard InChI is InChI=1S/C39H44FN5O7S/c1-23-24(2)34(25(3)29-18-19-39(4,5)52-33(23)29)53(50,51)44-38(41)42-20-8-13-32(37(48)49)43-35(46)31-12-9-21-45(36(31)47)22-27-10-6-7-11-30(27)26-14-16-28(40)17-15-26/h6-7,9-12,14-17,21,32H,8,13,18-20,22H2,1-5H3,(H,43,46)(H,48,49)(H3,41,42,44)/t32-/m0/s1. The number of carboxylic acids is 1. The van der Waals surface area contributed by atoms with Gasteiger partial charge in [-0.15, -0.1) is 0 Å². The number of guanidine groups is 1. The van der Waals surface area contributed by atoms with E-state index >= 15 is 0 Å². The van der Waals surface area contributed by atoms with Gasteiger partial charge < -0.3 is 25.5 Å². The summed E-state index contributed by atoms with van der Waals surface area (Å²) in [6.45, 7) is 9.36. The number of nitrogens with two attached hydrogens (primary N) is 1. The highest BCUT2D eigenvalue weighted by Crippen LogP contribution is 2.42. The molecule has 0 spiro atoms. The number of nitrogens with zero attached hydrogens (tertiary/aromatic N) is 2. The summed E-state index contributed by atoms with van der Waals surface area (Å²) in [5.74, 6) is -2.21. The molecule has 0 aliphatic carbocycles. The summed E-state index contributed by atoms with van der Waals surface area (Å²) in [4.78, 5) is 42.8. The first-order chi connectivity index (χ1) is 25.0. The van der Waals surface area contributed by atoms with Crippen LogP contribution < -0.4 is 26.1 Å². The van der Waals surface area contributed by atoms with Gasteiger partial charge in [0.15, 0.2) is 0 Å². The van der Waals surface area contributed by atoms with Crippen LogP contribution in [0.5, 0.6) is 5.75 Å². The lowest BCUT2D eigenvalue weighted by atomic mass is 9.88. The van der Waals surface area contributed by atoms with E-state index in [1.807, 2.05) is 45.0 Å². The Kier molecular flexibility index (Phi) is 11.4. The Labute approximate surface area is 308 Å². The molecule has 1 amide bonds. The van der Waals surface area contributed by atoms with Crippen LogP contribution in [0.4, 0.5) is 4.39 Å². The molecule has 0 fully saturated rings. The van der Waals surface area contributed by atoms with Gasteiger partial charge in [-0.25, -0.2) is 22.3 Å². The third-order valence-corrected chi connectivity index (χ3v) is 11.1. The number of aliphatic imine (C=N–C) groups is 1. The number of aromatic nitrogens is 1. The summed E-state index contributed by atoms with van der Waals surface area (Å²) in [6, 6.07) is 14.8. The van der Waals surface area contributed by atoms with Crippen molar-refractivity contribution in [2.75, 3.05) is 6.54 Å². The number of rotatable bonds is 12. The number of amides is 1. The second-order valence-corrected chi connectivity index (χ2v) is 15.4. The zero-order chi connectivity index (χ0) is 38.7. The normalized spacial score (nSPS) is 14.5. The Morgan fingerprint density at radius 1 is 1.04 bits per heavy atom. The summed E-state index contributed by atoms with van der Waals surface area (Å²) in [6.07, 6.45) is 2.97. The summed E-state index contributed by atoms with van der Waals surface area (Å²) in [7, 11) is -4.12. The van der Waals surface area contributed by atoms with Gasteiger partial charge in [-0.05, 0) is 124 Å². The van der Waals surface area contributed by atoms with Crippen LogP contribution in [0.25, 0.3) is 11.1 Å². The largest absolute Gasteiger partial charge is 0.487 e. The first-order valence-corrected chi connectivity index (χ1v) is 18.7. The number of hydrogen-bond acceptors (Lipinski definition) is 7. The van der Waals surface area contributed by atoms with Gasteiger partial charge in [-0.1, -0.05) is 36.4 Å². The number of hydrogen-bond donors (Lipinski definition) is 4. The Balaban J connectivity index is 1.22. The fourth-order valence-electron chi connectivity index (χ4n) is 6.55. The second kappa shape index (κ2) is 15.6. The molecule has 12 nitrogen and oxygen atoms in total. The second-order valence-electron chi connectivity index (χ2n) is 13.8. The highest BCUT2D eigenvalue weighted by molar-refractivity contribution is 7.90. The zero-order valence-corrected chi connectivity index (χ0v) is 31.1. The molecule has 0 bridgehead atoms. The highest BCUT2D eigenvalue weighted by atomic mass is 32.2. The van der Waals surface area contributed by atoms with Crippen LogP contribution in [0, 0.1) is 26.6 Å². The van der Waals surface area contributed by atoms with Gasteiger partial charge in [0, 0.05) is 12.7 Å². The van der Waals surface area contributed by atoms with Crippen LogP contribution in [-0.2, 0) is 27.8 Å². The van der Waals surface area contributed by atoms with Crippen LogP contribution in [0.15, 0.2) is 81.5 Å². The minimum atomic E-state index is -4.12. The van der Waals surface area contributed by atoms with E-state index in [2.05, 4.69) is 15.0 Å². The number of carbonyl (C=O) groups excluding carboxylic acids is 1. The van der Waals surface area contributed by atoms with Gasteiger partial charge in [0.2, 0.25) is 5.96 Å². The summed E-state index contributed by atoms with van der Waals surface area (Å²) in [5.41, 5.74) is 9.74. The average molecular weight is 746 g/mol. The van der Waals surface area contributed by atoms with Crippen molar-refractivity contribution in [3.63, 3.8) is 0 Å². The lowest BCUT2D eigenvalue weighted by Crippen LogP contribution is -2.43. The number of aliphatic carboxylic acids is 1. The minimum Gasteiger partial charge on any atom is -0.487 e. The van der Waals surface area contributed by atoms with E-state index in [-0.39, 0.29) is 53.8 Å².